The first-order chi connectivity index (χ1) is 5.97. The molecular weight excluding hydrogens is 154 g/mol. The summed E-state index contributed by atoms with van der Waals surface area (Å²) in [6.07, 6.45) is 2.39. The fraction of sp³-hybridized carbons (Fsp3) is 1.00. The first-order valence-corrected chi connectivity index (χ1v) is 4.86. The lowest BCUT2D eigenvalue weighted by Crippen LogP contribution is -2.47. The van der Waals surface area contributed by atoms with E-state index < -0.39 is 0 Å². The van der Waals surface area contributed by atoms with Crippen LogP contribution in [0.5, 0.6) is 0 Å². The molecule has 0 saturated carbocycles. The number of hydrogen-bond donors (Lipinski definition) is 1. The van der Waals surface area contributed by atoms with Crippen molar-refractivity contribution in [3.8, 4) is 0 Å². The summed E-state index contributed by atoms with van der Waals surface area (Å²) in [4.78, 5) is 0. The fourth-order valence-electron chi connectivity index (χ4n) is 2.01. The molecule has 12 heavy (non-hydrogen) atoms. The minimum Gasteiger partial charge on any atom is -0.381 e. The van der Waals surface area contributed by atoms with Crippen LogP contribution in [0.3, 0.4) is 0 Å². The molecule has 2 heterocycles. The molecule has 0 aromatic rings. The van der Waals surface area contributed by atoms with Crippen molar-refractivity contribution in [2.45, 2.75) is 18.9 Å². The van der Waals surface area contributed by atoms with Crippen molar-refractivity contribution in [2.24, 2.45) is 5.92 Å². The van der Waals surface area contributed by atoms with Crippen LogP contribution in [0, 0.1) is 5.92 Å². The van der Waals surface area contributed by atoms with Crippen LogP contribution in [0.4, 0.5) is 0 Å². The zero-order valence-corrected chi connectivity index (χ0v) is 7.42. The summed E-state index contributed by atoms with van der Waals surface area (Å²) in [5, 5.41) is 3.51. The van der Waals surface area contributed by atoms with Crippen LogP contribution in [0.25, 0.3) is 0 Å². The van der Waals surface area contributed by atoms with E-state index >= 15 is 0 Å². The van der Waals surface area contributed by atoms with Gasteiger partial charge in [-0.15, -0.1) is 0 Å². The van der Waals surface area contributed by atoms with Gasteiger partial charge in [0.15, 0.2) is 0 Å². The molecule has 3 heteroatoms. The summed E-state index contributed by atoms with van der Waals surface area (Å²) in [5.41, 5.74) is 0. The number of morpholine rings is 1. The molecule has 0 aromatic heterocycles. The van der Waals surface area contributed by atoms with E-state index in [0.717, 1.165) is 38.9 Å². The van der Waals surface area contributed by atoms with Crippen molar-refractivity contribution in [1.82, 2.24) is 5.32 Å². The second kappa shape index (κ2) is 4.21. The number of hydrogen-bond acceptors (Lipinski definition) is 3. The second-order valence-corrected chi connectivity index (χ2v) is 3.59. The summed E-state index contributed by atoms with van der Waals surface area (Å²) in [6, 6.07) is 0.586. The summed E-state index contributed by atoms with van der Waals surface area (Å²) in [5.74, 6) is 0.777. The Morgan fingerprint density at radius 1 is 1.00 bits per heavy atom. The average molecular weight is 171 g/mol. The van der Waals surface area contributed by atoms with E-state index in [2.05, 4.69) is 5.32 Å². The second-order valence-electron chi connectivity index (χ2n) is 3.59. The normalized spacial score (nSPS) is 33.5. The lowest BCUT2D eigenvalue weighted by atomic mass is 9.92. The average Bonchev–Trinajstić information content (AvgIpc) is 2.21. The Labute approximate surface area is 73.4 Å². The van der Waals surface area contributed by atoms with Crippen LogP contribution in [0.15, 0.2) is 0 Å². The molecule has 2 rings (SSSR count). The standard InChI is InChI=1S/C9H17NO2/c1-4-11-5-2-8(1)9-7-12-6-3-10-9/h8-10H,1-7H2. The topological polar surface area (TPSA) is 30.5 Å². The number of nitrogens with one attached hydrogen (secondary N) is 1. The predicted molar refractivity (Wildman–Crippen MR) is 46.2 cm³/mol. The van der Waals surface area contributed by atoms with E-state index in [9.17, 15) is 0 Å². The molecule has 70 valence electrons. The van der Waals surface area contributed by atoms with Gasteiger partial charge in [0.2, 0.25) is 0 Å². The van der Waals surface area contributed by atoms with Crippen LogP contribution in [0.2, 0.25) is 0 Å². The fourth-order valence-corrected chi connectivity index (χ4v) is 2.01. The Hall–Kier alpha value is -0.120. The molecule has 2 fully saturated rings. The van der Waals surface area contributed by atoms with Gasteiger partial charge >= 0.3 is 0 Å². The van der Waals surface area contributed by atoms with Crippen molar-refractivity contribution in [1.29, 1.82) is 0 Å². The lowest BCUT2D eigenvalue weighted by Gasteiger charge is -2.33. The van der Waals surface area contributed by atoms with E-state index in [4.69, 9.17) is 9.47 Å². The largest absolute Gasteiger partial charge is 0.381 e. The van der Waals surface area contributed by atoms with Crippen molar-refractivity contribution in [3.63, 3.8) is 0 Å². The highest BCUT2D eigenvalue weighted by atomic mass is 16.5. The van der Waals surface area contributed by atoms with Gasteiger partial charge in [0.05, 0.1) is 13.2 Å². The van der Waals surface area contributed by atoms with E-state index in [-0.39, 0.29) is 0 Å². The molecule has 0 aromatic carbocycles. The summed E-state index contributed by atoms with van der Waals surface area (Å²) < 4.78 is 10.8. The molecule has 0 radical (unpaired) electrons. The number of ether oxygens (including phenoxy) is 2. The Kier molecular flexibility index (Phi) is 2.98. The van der Waals surface area contributed by atoms with Crippen LogP contribution in [0.1, 0.15) is 12.8 Å². The van der Waals surface area contributed by atoms with Gasteiger partial charge in [-0.1, -0.05) is 0 Å². The van der Waals surface area contributed by atoms with Gasteiger partial charge in [-0.2, -0.15) is 0 Å². The first-order valence-electron chi connectivity index (χ1n) is 4.86. The quantitative estimate of drug-likeness (QED) is 0.619. The van der Waals surface area contributed by atoms with Gasteiger partial charge in [-0.3, -0.25) is 0 Å². The van der Waals surface area contributed by atoms with Gasteiger partial charge in [0.25, 0.3) is 0 Å². The van der Waals surface area contributed by atoms with Crippen LogP contribution < -0.4 is 5.32 Å². The SMILES string of the molecule is C1COCC(C2CCOCC2)N1. The smallest absolute Gasteiger partial charge is 0.0623 e. The highest BCUT2D eigenvalue weighted by Gasteiger charge is 2.25. The third-order valence-electron chi connectivity index (χ3n) is 2.79. The van der Waals surface area contributed by atoms with E-state index in [1.165, 1.54) is 12.8 Å². The zero-order valence-electron chi connectivity index (χ0n) is 7.42. The molecule has 1 unspecified atom stereocenters. The molecule has 0 spiro atoms. The highest BCUT2D eigenvalue weighted by molar-refractivity contribution is 4.80. The lowest BCUT2D eigenvalue weighted by molar-refractivity contribution is 0.0104. The van der Waals surface area contributed by atoms with Gasteiger partial charge in [-0.05, 0) is 18.8 Å². The minimum atomic E-state index is 0.586. The van der Waals surface area contributed by atoms with Crippen LogP contribution in [-0.4, -0.2) is 39.0 Å². The molecule has 1 N–H and O–H groups in total. The van der Waals surface area contributed by atoms with E-state index in [1.807, 2.05) is 0 Å². The zero-order chi connectivity index (χ0) is 8.23. The summed E-state index contributed by atoms with van der Waals surface area (Å²) in [7, 11) is 0. The molecule has 1 atom stereocenters. The Bertz CT molecular complexity index is 112. The van der Waals surface area contributed by atoms with Gasteiger partial charge in [-0.25, -0.2) is 0 Å². The maximum Gasteiger partial charge on any atom is 0.0623 e. The molecule has 2 aliphatic rings. The Balaban J connectivity index is 1.80. The third kappa shape index (κ3) is 1.97. The molecule has 2 aliphatic heterocycles. The monoisotopic (exact) mass is 171 g/mol. The highest BCUT2D eigenvalue weighted by Crippen LogP contribution is 2.19. The van der Waals surface area contributed by atoms with Gasteiger partial charge in [0, 0.05) is 25.8 Å². The maximum atomic E-state index is 5.43. The minimum absolute atomic E-state index is 0.586. The Morgan fingerprint density at radius 3 is 2.50 bits per heavy atom. The maximum absolute atomic E-state index is 5.43. The van der Waals surface area contributed by atoms with Crippen molar-refractivity contribution >= 4 is 0 Å². The van der Waals surface area contributed by atoms with Gasteiger partial charge < -0.3 is 14.8 Å². The molecule has 3 nitrogen and oxygen atoms in total. The summed E-state index contributed by atoms with van der Waals surface area (Å²) in [6.45, 7) is 4.65. The van der Waals surface area contributed by atoms with Crippen LogP contribution >= 0.6 is 0 Å². The molecule has 0 bridgehead atoms. The van der Waals surface area contributed by atoms with Crippen molar-refractivity contribution in [2.75, 3.05) is 33.0 Å². The van der Waals surface area contributed by atoms with E-state index in [0.29, 0.717) is 6.04 Å². The first kappa shape index (κ1) is 8.48. The molecule has 0 amide bonds. The molecule has 2 saturated heterocycles. The summed E-state index contributed by atoms with van der Waals surface area (Å²) >= 11 is 0. The van der Waals surface area contributed by atoms with Crippen LogP contribution in [-0.2, 0) is 9.47 Å². The predicted octanol–water partition coefficient (Wildman–Crippen LogP) is 0.401. The third-order valence-corrected chi connectivity index (χ3v) is 2.79. The van der Waals surface area contributed by atoms with Gasteiger partial charge in [0.1, 0.15) is 0 Å². The van der Waals surface area contributed by atoms with Crippen molar-refractivity contribution in [3.05, 3.63) is 0 Å². The molecular formula is C9H17NO2. The number of rotatable bonds is 1. The Morgan fingerprint density at radius 2 is 1.83 bits per heavy atom. The molecule has 0 aliphatic carbocycles. The van der Waals surface area contributed by atoms with Crippen molar-refractivity contribution < 1.29 is 9.47 Å². The van der Waals surface area contributed by atoms with E-state index in [1.54, 1.807) is 0 Å².